The van der Waals surface area contributed by atoms with E-state index < -0.39 is 6.09 Å². The molecule has 0 fully saturated rings. The van der Waals surface area contributed by atoms with Crippen LogP contribution in [0.1, 0.15) is 0 Å². The molecule has 1 aromatic carbocycles. The van der Waals surface area contributed by atoms with Crippen molar-refractivity contribution in [1.82, 2.24) is 0 Å². The first kappa shape index (κ1) is 10.4. The van der Waals surface area contributed by atoms with Gasteiger partial charge in [0.15, 0.2) is 0 Å². The lowest BCUT2D eigenvalue weighted by atomic mass is 10.3. The molecule has 1 rings (SSSR count). The molecule has 0 atom stereocenters. The second-order valence-corrected chi connectivity index (χ2v) is 2.64. The Morgan fingerprint density at radius 2 is 2.07 bits per heavy atom. The molecule has 0 unspecified atom stereocenters. The monoisotopic (exact) mass is 194 g/mol. The van der Waals surface area contributed by atoms with Crippen molar-refractivity contribution < 1.29 is 14.3 Å². The van der Waals surface area contributed by atoms with Crippen molar-refractivity contribution in [3.05, 3.63) is 31.4 Å². The highest BCUT2D eigenvalue weighted by Crippen LogP contribution is 2.26. The van der Waals surface area contributed by atoms with Crippen molar-refractivity contribution >= 4 is 11.8 Å². The molecule has 4 heteroatoms. The maximum atomic E-state index is 11.2. The van der Waals surface area contributed by atoms with Crippen LogP contribution >= 0.6 is 0 Å². The number of methoxy groups -OCH3 is 1. The van der Waals surface area contributed by atoms with E-state index in [2.05, 4.69) is 11.8 Å². The van der Waals surface area contributed by atoms with Gasteiger partial charge in [-0.2, -0.15) is 0 Å². The molecular formula is C10H12NO3. The van der Waals surface area contributed by atoms with Crippen molar-refractivity contribution in [3.8, 4) is 5.75 Å². The van der Waals surface area contributed by atoms with E-state index in [1.165, 1.54) is 4.90 Å². The first-order valence-corrected chi connectivity index (χ1v) is 4.03. The molecule has 0 aliphatic rings. The van der Waals surface area contributed by atoms with Crippen LogP contribution in [-0.4, -0.2) is 20.3 Å². The molecule has 0 aliphatic carbocycles. The van der Waals surface area contributed by atoms with Gasteiger partial charge in [-0.1, -0.05) is 12.1 Å². The van der Waals surface area contributed by atoms with E-state index in [-0.39, 0.29) is 0 Å². The Bertz CT molecular complexity index is 325. The Balaban J connectivity index is 2.99. The van der Waals surface area contributed by atoms with Gasteiger partial charge < -0.3 is 9.47 Å². The lowest BCUT2D eigenvalue weighted by Crippen LogP contribution is -2.25. The van der Waals surface area contributed by atoms with Crippen LogP contribution in [0.25, 0.3) is 0 Å². The number of hydrogen-bond donors (Lipinski definition) is 0. The number of anilines is 1. The lowest BCUT2D eigenvalue weighted by Gasteiger charge is -2.17. The molecule has 1 radical (unpaired) electrons. The summed E-state index contributed by atoms with van der Waals surface area (Å²) in [4.78, 5) is 12.5. The average molecular weight is 194 g/mol. The second kappa shape index (κ2) is 4.50. The predicted octanol–water partition coefficient (Wildman–Crippen LogP) is 2.06. The summed E-state index contributed by atoms with van der Waals surface area (Å²) >= 11 is 0. The molecule has 0 heterocycles. The Morgan fingerprint density at radius 1 is 1.43 bits per heavy atom. The predicted molar refractivity (Wildman–Crippen MR) is 53.2 cm³/mol. The summed E-state index contributed by atoms with van der Waals surface area (Å²) in [6, 6.07) is 7.16. The highest BCUT2D eigenvalue weighted by atomic mass is 16.5. The van der Waals surface area contributed by atoms with Crippen LogP contribution < -0.4 is 9.64 Å². The molecule has 75 valence electrons. The van der Waals surface area contributed by atoms with E-state index in [4.69, 9.17) is 4.74 Å². The molecule has 0 bridgehead atoms. The van der Waals surface area contributed by atoms with Gasteiger partial charge in [0, 0.05) is 7.05 Å². The quantitative estimate of drug-likeness (QED) is 0.723. The number of nitrogens with zero attached hydrogens (tertiary/aromatic N) is 1. The Morgan fingerprint density at radius 3 is 2.64 bits per heavy atom. The minimum Gasteiger partial charge on any atom is -0.495 e. The van der Waals surface area contributed by atoms with Crippen molar-refractivity contribution in [3.63, 3.8) is 0 Å². The summed E-state index contributed by atoms with van der Waals surface area (Å²) in [6.07, 6.45) is -0.533. The van der Waals surface area contributed by atoms with Gasteiger partial charge in [0.1, 0.15) is 12.9 Å². The van der Waals surface area contributed by atoms with E-state index >= 15 is 0 Å². The highest BCUT2D eigenvalue weighted by molar-refractivity contribution is 5.89. The zero-order chi connectivity index (χ0) is 10.6. The standard InChI is InChI=1S/C10H12NO3/c1-11(10(12)14-3)8-6-4-5-7-9(8)13-2/h4-7H,3H2,1-2H3. The maximum absolute atomic E-state index is 11.2. The van der Waals surface area contributed by atoms with Gasteiger partial charge >= 0.3 is 6.09 Å². The van der Waals surface area contributed by atoms with Gasteiger partial charge in [-0.3, -0.25) is 4.90 Å². The van der Waals surface area contributed by atoms with Crippen LogP contribution in [0.4, 0.5) is 10.5 Å². The summed E-state index contributed by atoms with van der Waals surface area (Å²) < 4.78 is 9.44. The lowest BCUT2D eigenvalue weighted by molar-refractivity contribution is 0.192. The number of carbonyl (C=O) groups excluding carboxylic acids is 1. The highest BCUT2D eigenvalue weighted by Gasteiger charge is 2.14. The number of benzene rings is 1. The fourth-order valence-electron chi connectivity index (χ4n) is 1.10. The summed E-state index contributed by atoms with van der Waals surface area (Å²) in [5.41, 5.74) is 0.642. The van der Waals surface area contributed by atoms with Crippen LogP contribution in [-0.2, 0) is 4.74 Å². The first-order valence-electron chi connectivity index (χ1n) is 4.03. The van der Waals surface area contributed by atoms with Gasteiger partial charge in [-0.25, -0.2) is 4.79 Å². The fraction of sp³-hybridized carbons (Fsp3) is 0.200. The smallest absolute Gasteiger partial charge is 0.414 e. The molecule has 0 aromatic heterocycles. The fourth-order valence-corrected chi connectivity index (χ4v) is 1.10. The summed E-state index contributed by atoms with van der Waals surface area (Å²) in [7, 11) is 6.19. The van der Waals surface area contributed by atoms with Gasteiger partial charge in [-0.05, 0) is 12.1 Å². The number of rotatable bonds is 2. The van der Waals surface area contributed by atoms with E-state index in [0.29, 0.717) is 11.4 Å². The van der Waals surface area contributed by atoms with Crippen molar-refractivity contribution in [2.75, 3.05) is 19.1 Å². The average Bonchev–Trinajstić information content (AvgIpc) is 2.26. The Labute approximate surface area is 83.0 Å². The third-order valence-corrected chi connectivity index (χ3v) is 1.84. The zero-order valence-corrected chi connectivity index (χ0v) is 8.19. The zero-order valence-electron chi connectivity index (χ0n) is 8.19. The van der Waals surface area contributed by atoms with Crippen LogP contribution in [0.5, 0.6) is 5.75 Å². The van der Waals surface area contributed by atoms with Crippen molar-refractivity contribution in [2.45, 2.75) is 0 Å². The molecule has 1 amide bonds. The number of amides is 1. The molecule has 0 spiro atoms. The molecule has 0 saturated heterocycles. The van der Waals surface area contributed by atoms with Crippen LogP contribution in [0.15, 0.2) is 24.3 Å². The number of carbonyl (C=O) groups is 1. The SMILES string of the molecule is [CH2]OC(=O)N(C)c1ccccc1OC. The third kappa shape index (κ3) is 1.96. The normalized spacial score (nSPS) is 9.36. The maximum Gasteiger partial charge on any atom is 0.414 e. The van der Waals surface area contributed by atoms with Crippen LogP contribution in [0, 0.1) is 7.11 Å². The Hall–Kier alpha value is -1.71. The molecule has 0 saturated carbocycles. The molecule has 0 N–H and O–H groups in total. The van der Waals surface area contributed by atoms with Gasteiger partial charge in [0.05, 0.1) is 12.8 Å². The van der Waals surface area contributed by atoms with Crippen LogP contribution in [0.2, 0.25) is 0 Å². The van der Waals surface area contributed by atoms with Crippen molar-refractivity contribution in [2.24, 2.45) is 0 Å². The minimum absolute atomic E-state index is 0.533. The van der Waals surface area contributed by atoms with Gasteiger partial charge in [-0.15, -0.1) is 0 Å². The number of para-hydroxylation sites is 2. The largest absolute Gasteiger partial charge is 0.495 e. The molecule has 4 nitrogen and oxygen atoms in total. The first-order chi connectivity index (χ1) is 6.70. The number of hydrogen-bond acceptors (Lipinski definition) is 3. The molecule has 1 aromatic rings. The molecule has 14 heavy (non-hydrogen) atoms. The van der Waals surface area contributed by atoms with Gasteiger partial charge in [0.2, 0.25) is 0 Å². The van der Waals surface area contributed by atoms with Gasteiger partial charge in [0.25, 0.3) is 0 Å². The molecule has 0 aliphatic heterocycles. The van der Waals surface area contributed by atoms with Crippen LogP contribution in [0.3, 0.4) is 0 Å². The number of ether oxygens (including phenoxy) is 2. The van der Waals surface area contributed by atoms with E-state index in [0.717, 1.165) is 0 Å². The molecular weight excluding hydrogens is 182 g/mol. The van der Waals surface area contributed by atoms with E-state index in [1.807, 2.05) is 12.1 Å². The topological polar surface area (TPSA) is 38.8 Å². The third-order valence-electron chi connectivity index (χ3n) is 1.84. The summed E-state index contributed by atoms with van der Waals surface area (Å²) in [5, 5.41) is 0. The van der Waals surface area contributed by atoms with E-state index in [9.17, 15) is 4.79 Å². The second-order valence-electron chi connectivity index (χ2n) is 2.64. The summed E-state index contributed by atoms with van der Waals surface area (Å²) in [5.74, 6) is 0.611. The summed E-state index contributed by atoms with van der Waals surface area (Å²) in [6.45, 7) is 0. The Kier molecular flexibility index (Phi) is 3.34. The minimum atomic E-state index is -0.533. The van der Waals surface area contributed by atoms with E-state index in [1.54, 1.807) is 26.3 Å². The van der Waals surface area contributed by atoms with Crippen molar-refractivity contribution in [1.29, 1.82) is 0 Å².